The summed E-state index contributed by atoms with van der Waals surface area (Å²) in [6.07, 6.45) is 7.36. The molecule has 0 bridgehead atoms. The third-order valence-corrected chi connectivity index (χ3v) is 6.38. The Morgan fingerprint density at radius 2 is 1.09 bits per heavy atom. The lowest BCUT2D eigenvalue weighted by Gasteiger charge is -2.22. The second kappa shape index (κ2) is 20.9. The van der Waals surface area contributed by atoms with E-state index in [2.05, 4.69) is 0 Å². The minimum Gasteiger partial charge on any atom is -0.507 e. The van der Waals surface area contributed by atoms with E-state index in [-0.39, 0.29) is 57.4 Å². The number of rotatable bonds is 22. The molecule has 47 heavy (non-hydrogen) atoms. The van der Waals surface area contributed by atoms with Gasteiger partial charge in [0.1, 0.15) is 40.1 Å². The van der Waals surface area contributed by atoms with E-state index in [1.165, 1.54) is 47.7 Å². The SMILES string of the molecule is COCOc1cc(OCOC)c(/C=C/C(=O)c2c(O)c(CC=C(C)C)c(OCOC)c(CC=C(C)C)c2OCOC)c(OCOC)c1. The minimum absolute atomic E-state index is 0.0150. The molecule has 12 heteroatoms. The fourth-order valence-corrected chi connectivity index (χ4v) is 4.26. The number of carbonyl (C=O) groups is 1. The first kappa shape index (κ1) is 39.1. The fourth-order valence-electron chi connectivity index (χ4n) is 4.26. The number of hydrogen-bond acceptors (Lipinski definition) is 12. The van der Waals surface area contributed by atoms with Gasteiger partial charge in [-0.15, -0.1) is 0 Å². The third kappa shape index (κ3) is 11.9. The second-order valence-electron chi connectivity index (χ2n) is 10.6. The molecule has 0 spiro atoms. The van der Waals surface area contributed by atoms with Gasteiger partial charge in [0.25, 0.3) is 0 Å². The highest BCUT2D eigenvalue weighted by Gasteiger charge is 2.29. The van der Waals surface area contributed by atoms with Gasteiger partial charge in [-0.1, -0.05) is 23.3 Å². The van der Waals surface area contributed by atoms with Crippen LogP contribution in [-0.2, 0) is 36.5 Å². The van der Waals surface area contributed by atoms with Gasteiger partial charge in [-0.3, -0.25) is 4.79 Å². The number of hydrogen-bond donors (Lipinski definition) is 1. The van der Waals surface area contributed by atoms with Crippen LogP contribution in [0, 0.1) is 0 Å². The van der Waals surface area contributed by atoms with Gasteiger partial charge in [0.15, 0.2) is 39.7 Å². The molecule has 2 rings (SSSR count). The molecule has 260 valence electrons. The zero-order chi connectivity index (χ0) is 34.8. The third-order valence-electron chi connectivity index (χ3n) is 6.38. The normalized spacial score (nSPS) is 10.9. The van der Waals surface area contributed by atoms with Crippen molar-refractivity contribution in [2.24, 2.45) is 0 Å². The maximum atomic E-state index is 14.2. The van der Waals surface area contributed by atoms with E-state index in [9.17, 15) is 9.90 Å². The first-order chi connectivity index (χ1) is 22.6. The van der Waals surface area contributed by atoms with Crippen molar-refractivity contribution < 1.29 is 57.3 Å². The summed E-state index contributed by atoms with van der Waals surface area (Å²) in [7, 11) is 7.43. The summed E-state index contributed by atoms with van der Waals surface area (Å²) in [5.41, 5.74) is 3.36. The van der Waals surface area contributed by atoms with E-state index in [0.29, 0.717) is 46.1 Å². The molecule has 0 aliphatic heterocycles. The molecule has 0 fully saturated rings. The van der Waals surface area contributed by atoms with Gasteiger partial charge >= 0.3 is 0 Å². The largest absolute Gasteiger partial charge is 0.507 e. The summed E-state index contributed by atoms with van der Waals surface area (Å²) < 4.78 is 54.9. The molecule has 2 aromatic rings. The Morgan fingerprint density at radius 1 is 0.638 bits per heavy atom. The molecule has 0 amide bonds. The molecule has 0 aromatic heterocycles. The molecular weight excluding hydrogens is 612 g/mol. The maximum absolute atomic E-state index is 14.2. The molecule has 2 aromatic carbocycles. The van der Waals surface area contributed by atoms with Crippen molar-refractivity contribution in [2.75, 3.05) is 69.5 Å². The van der Waals surface area contributed by atoms with E-state index in [0.717, 1.165) is 11.1 Å². The van der Waals surface area contributed by atoms with Crippen LogP contribution in [0.3, 0.4) is 0 Å². The number of ketones is 1. The van der Waals surface area contributed by atoms with Crippen molar-refractivity contribution in [1.82, 2.24) is 0 Å². The van der Waals surface area contributed by atoms with Crippen molar-refractivity contribution >= 4 is 11.9 Å². The van der Waals surface area contributed by atoms with Gasteiger partial charge in [-0.25, -0.2) is 0 Å². The first-order valence-corrected chi connectivity index (χ1v) is 14.8. The van der Waals surface area contributed by atoms with Gasteiger partial charge in [0, 0.05) is 58.8 Å². The zero-order valence-electron chi connectivity index (χ0n) is 28.9. The van der Waals surface area contributed by atoms with E-state index in [4.69, 9.17) is 47.4 Å². The predicted molar refractivity (Wildman–Crippen MR) is 177 cm³/mol. The lowest BCUT2D eigenvalue weighted by atomic mass is 9.93. The first-order valence-electron chi connectivity index (χ1n) is 14.8. The molecule has 0 atom stereocenters. The van der Waals surface area contributed by atoms with Crippen molar-refractivity contribution in [2.45, 2.75) is 40.5 Å². The molecule has 1 N–H and O–H groups in total. The molecule has 0 heterocycles. The van der Waals surface area contributed by atoms with Crippen LogP contribution in [0.15, 0.2) is 41.5 Å². The van der Waals surface area contributed by atoms with E-state index >= 15 is 0 Å². The number of benzene rings is 2. The summed E-state index contributed by atoms with van der Waals surface area (Å²) in [6.45, 7) is 7.34. The van der Waals surface area contributed by atoms with Crippen LogP contribution < -0.4 is 23.7 Å². The zero-order valence-corrected chi connectivity index (χ0v) is 28.9. The van der Waals surface area contributed by atoms with Crippen LogP contribution in [0.1, 0.15) is 54.7 Å². The van der Waals surface area contributed by atoms with Gasteiger partial charge in [-0.05, 0) is 52.7 Å². The quantitative estimate of drug-likeness (QED) is 0.0666. The van der Waals surface area contributed by atoms with E-state index in [1.807, 2.05) is 39.8 Å². The number of allylic oxidation sites excluding steroid dienone is 5. The second-order valence-corrected chi connectivity index (χ2v) is 10.6. The van der Waals surface area contributed by atoms with Crippen molar-refractivity contribution in [3.63, 3.8) is 0 Å². The molecule has 0 saturated heterocycles. The van der Waals surface area contributed by atoms with Gasteiger partial charge in [-0.2, -0.15) is 0 Å². The number of phenols is 1. The van der Waals surface area contributed by atoms with Crippen LogP contribution >= 0.6 is 0 Å². The fraction of sp³-hybridized carbons (Fsp3) is 0.457. The van der Waals surface area contributed by atoms with E-state index in [1.54, 1.807) is 12.1 Å². The highest BCUT2D eigenvalue weighted by molar-refractivity contribution is 6.11. The Balaban J connectivity index is 2.88. The Hall–Kier alpha value is -4.07. The summed E-state index contributed by atoms with van der Waals surface area (Å²) in [5, 5.41) is 11.7. The van der Waals surface area contributed by atoms with Gasteiger partial charge < -0.3 is 52.5 Å². The van der Waals surface area contributed by atoms with Crippen LogP contribution in [0.5, 0.6) is 34.5 Å². The summed E-state index contributed by atoms with van der Waals surface area (Å²) in [4.78, 5) is 14.2. The maximum Gasteiger partial charge on any atom is 0.193 e. The highest BCUT2D eigenvalue weighted by Crippen LogP contribution is 2.45. The van der Waals surface area contributed by atoms with Crippen LogP contribution in [-0.4, -0.2) is 80.4 Å². The number of aromatic hydroxyl groups is 1. The number of phenolic OH excluding ortho intramolecular Hbond substituents is 1. The number of methoxy groups -OCH3 is 5. The molecule has 0 saturated carbocycles. The molecular formula is C35H48O12. The van der Waals surface area contributed by atoms with Crippen molar-refractivity contribution in [1.29, 1.82) is 0 Å². The van der Waals surface area contributed by atoms with Gasteiger partial charge in [0.05, 0.1) is 5.56 Å². The number of ether oxygens (including phenoxy) is 10. The summed E-state index contributed by atoms with van der Waals surface area (Å²) >= 11 is 0. The smallest absolute Gasteiger partial charge is 0.193 e. The van der Waals surface area contributed by atoms with Gasteiger partial charge in [0.2, 0.25) is 0 Å². The van der Waals surface area contributed by atoms with Crippen LogP contribution in [0.2, 0.25) is 0 Å². The predicted octanol–water partition coefficient (Wildman–Crippen LogP) is 6.22. The van der Waals surface area contributed by atoms with Crippen molar-refractivity contribution in [3.8, 4) is 34.5 Å². The summed E-state index contributed by atoms with van der Waals surface area (Å²) in [6, 6.07) is 3.23. The van der Waals surface area contributed by atoms with Crippen LogP contribution in [0.4, 0.5) is 0 Å². The Bertz CT molecular complexity index is 1360. The average Bonchev–Trinajstić information content (AvgIpc) is 3.04. The Labute approximate surface area is 277 Å². The Morgan fingerprint density at radius 3 is 1.57 bits per heavy atom. The molecule has 0 aliphatic rings. The monoisotopic (exact) mass is 660 g/mol. The highest BCUT2D eigenvalue weighted by atomic mass is 16.7. The molecule has 0 aliphatic carbocycles. The van der Waals surface area contributed by atoms with Crippen molar-refractivity contribution in [3.05, 3.63) is 63.8 Å². The Kier molecular flexibility index (Phi) is 17.4. The van der Waals surface area contributed by atoms with E-state index < -0.39 is 5.78 Å². The average molecular weight is 661 g/mol. The standard InChI is InChI=1S/C35H48O12/c1-23(2)10-12-27-33(37)32(35(47-22-42-9)28(13-11-24(3)4)34(27)46-21-41-8)29(36)15-14-26-30(44-19-39-6)16-25(43-18-38-5)17-31(26)45-20-40-7/h10-11,14-17,37H,12-13,18-22H2,1-9H3/b15-14+. The van der Waals surface area contributed by atoms with Crippen LogP contribution in [0.25, 0.3) is 6.08 Å². The lowest BCUT2D eigenvalue weighted by Crippen LogP contribution is -2.13. The molecule has 12 nitrogen and oxygen atoms in total. The summed E-state index contributed by atoms with van der Waals surface area (Å²) in [5.74, 6) is 0.630. The minimum atomic E-state index is -0.557. The molecule has 0 radical (unpaired) electrons. The lowest BCUT2D eigenvalue weighted by molar-refractivity contribution is 0.0407. The topological polar surface area (TPSA) is 130 Å². The molecule has 0 unspecified atom stereocenters. The number of carbonyl (C=O) groups excluding carboxylic acids is 1.